The summed E-state index contributed by atoms with van der Waals surface area (Å²) >= 11 is 0. The van der Waals surface area contributed by atoms with E-state index >= 15 is 0 Å². The lowest BCUT2D eigenvalue weighted by atomic mass is 10.0. The van der Waals surface area contributed by atoms with Gasteiger partial charge in [-0.2, -0.15) is 8.42 Å². The van der Waals surface area contributed by atoms with Gasteiger partial charge in [0.25, 0.3) is 10.1 Å². The van der Waals surface area contributed by atoms with Crippen LogP contribution in [0.3, 0.4) is 0 Å². The lowest BCUT2D eigenvalue weighted by molar-refractivity contribution is 0.483. The minimum absolute atomic E-state index is 0.117. The molecule has 5 nitrogen and oxygen atoms in total. The van der Waals surface area contributed by atoms with Crippen LogP contribution >= 0.6 is 0 Å². The number of rotatable bonds is 3. The molecule has 0 amide bonds. The fourth-order valence-electron chi connectivity index (χ4n) is 2.09. The van der Waals surface area contributed by atoms with Crippen molar-refractivity contribution >= 4 is 10.1 Å². The summed E-state index contributed by atoms with van der Waals surface area (Å²) in [5.41, 5.74) is 1.91. The molecule has 2 aromatic carbocycles. The molecule has 0 fully saturated rings. The highest BCUT2D eigenvalue weighted by atomic mass is 32.2. The Balaban J connectivity index is 2.07. The summed E-state index contributed by atoms with van der Waals surface area (Å²) in [5.74, 6) is 0.490. The molecule has 0 saturated carbocycles. The second kappa shape index (κ2) is 5.16. The number of aromatic nitrogens is 1. The minimum Gasteiger partial charge on any atom is -0.445 e. The van der Waals surface area contributed by atoms with E-state index in [1.54, 1.807) is 48.7 Å². The first-order chi connectivity index (χ1) is 10.1. The maximum atomic E-state index is 11.4. The van der Waals surface area contributed by atoms with Crippen molar-refractivity contribution in [2.45, 2.75) is 4.90 Å². The van der Waals surface area contributed by atoms with Crippen molar-refractivity contribution in [2.75, 3.05) is 0 Å². The van der Waals surface area contributed by atoms with E-state index in [0.29, 0.717) is 17.0 Å². The van der Waals surface area contributed by atoms with Gasteiger partial charge in [0.2, 0.25) is 5.89 Å². The molecular formula is C15H11NO4S. The van der Waals surface area contributed by atoms with Crippen molar-refractivity contribution in [2.24, 2.45) is 0 Å². The molecule has 6 heteroatoms. The third kappa shape index (κ3) is 2.72. The van der Waals surface area contributed by atoms with Gasteiger partial charge in [0.05, 0.1) is 6.20 Å². The Kier molecular flexibility index (Phi) is 3.32. The maximum Gasteiger partial charge on any atom is 0.295 e. The normalized spacial score (nSPS) is 11.5. The summed E-state index contributed by atoms with van der Waals surface area (Å²) in [6.45, 7) is 0. The zero-order chi connectivity index (χ0) is 14.9. The summed E-state index contributed by atoms with van der Waals surface area (Å²) in [5, 5.41) is 0. The van der Waals surface area contributed by atoms with Crippen LogP contribution in [0.25, 0.3) is 22.6 Å². The van der Waals surface area contributed by atoms with Crippen molar-refractivity contribution in [1.82, 2.24) is 4.98 Å². The van der Waals surface area contributed by atoms with Gasteiger partial charge in [-0.25, -0.2) is 4.98 Å². The van der Waals surface area contributed by atoms with E-state index in [1.165, 1.54) is 12.3 Å². The predicted molar refractivity (Wildman–Crippen MR) is 77.2 cm³/mol. The average Bonchev–Trinajstić information content (AvgIpc) is 3.01. The third-order valence-corrected chi connectivity index (χ3v) is 3.95. The summed E-state index contributed by atoms with van der Waals surface area (Å²) in [6, 6.07) is 13.4. The molecule has 0 atom stereocenters. The standard InChI is InChI=1S/C15H11NO4S/c17-21(18,19)14-4-2-1-3-13(14)11-5-7-12(8-6-11)15-16-9-10-20-15/h1-10H,(H,17,18,19). The molecule has 0 bridgehead atoms. The fourth-order valence-corrected chi connectivity index (χ4v) is 2.80. The van der Waals surface area contributed by atoms with E-state index in [9.17, 15) is 13.0 Å². The number of benzene rings is 2. The minimum atomic E-state index is -4.27. The van der Waals surface area contributed by atoms with E-state index in [-0.39, 0.29) is 4.90 Å². The molecule has 0 unspecified atom stereocenters. The summed E-state index contributed by atoms with van der Waals surface area (Å²) in [4.78, 5) is 3.93. The first-order valence-corrected chi connectivity index (χ1v) is 7.56. The first kappa shape index (κ1) is 13.5. The van der Waals surface area contributed by atoms with Crippen LogP contribution in [0.2, 0.25) is 0 Å². The lowest BCUT2D eigenvalue weighted by Gasteiger charge is -2.07. The molecule has 0 aliphatic rings. The Morgan fingerprint density at radius 3 is 2.24 bits per heavy atom. The SMILES string of the molecule is O=S(=O)(O)c1ccccc1-c1ccc(-c2ncco2)cc1. The fraction of sp³-hybridized carbons (Fsp3) is 0. The third-order valence-electron chi connectivity index (χ3n) is 3.04. The predicted octanol–water partition coefficient (Wildman–Crippen LogP) is 3.26. The van der Waals surface area contributed by atoms with Crippen molar-refractivity contribution in [3.8, 4) is 22.6 Å². The van der Waals surface area contributed by atoms with Gasteiger partial charge < -0.3 is 4.42 Å². The lowest BCUT2D eigenvalue weighted by Crippen LogP contribution is -2.00. The van der Waals surface area contributed by atoms with Crippen LogP contribution in [-0.2, 0) is 10.1 Å². The van der Waals surface area contributed by atoms with Gasteiger partial charge in [0.15, 0.2) is 0 Å². The second-order valence-electron chi connectivity index (χ2n) is 4.39. The van der Waals surface area contributed by atoms with Gasteiger partial charge in [-0.1, -0.05) is 30.3 Å². The van der Waals surface area contributed by atoms with Crippen LogP contribution in [0.5, 0.6) is 0 Å². The Morgan fingerprint density at radius 1 is 0.952 bits per heavy atom. The first-order valence-electron chi connectivity index (χ1n) is 6.12. The molecule has 1 N–H and O–H groups in total. The number of hydrogen-bond acceptors (Lipinski definition) is 4. The molecular weight excluding hydrogens is 290 g/mol. The van der Waals surface area contributed by atoms with Gasteiger partial charge in [0.1, 0.15) is 11.2 Å². The summed E-state index contributed by atoms with van der Waals surface area (Å²) < 4.78 is 37.3. The molecule has 0 radical (unpaired) electrons. The van der Waals surface area contributed by atoms with Crippen molar-refractivity contribution < 1.29 is 17.4 Å². The largest absolute Gasteiger partial charge is 0.445 e. The van der Waals surface area contributed by atoms with E-state index < -0.39 is 10.1 Å². The molecule has 3 rings (SSSR count). The van der Waals surface area contributed by atoms with Crippen molar-refractivity contribution in [3.05, 3.63) is 61.0 Å². The number of hydrogen-bond donors (Lipinski definition) is 1. The van der Waals surface area contributed by atoms with Gasteiger partial charge in [-0.15, -0.1) is 0 Å². The van der Waals surface area contributed by atoms with Gasteiger partial charge in [0, 0.05) is 11.1 Å². The second-order valence-corrected chi connectivity index (χ2v) is 5.78. The van der Waals surface area contributed by atoms with Gasteiger partial charge >= 0.3 is 0 Å². The molecule has 21 heavy (non-hydrogen) atoms. The highest BCUT2D eigenvalue weighted by Crippen LogP contribution is 2.29. The van der Waals surface area contributed by atoms with Crippen molar-refractivity contribution in [1.29, 1.82) is 0 Å². The molecule has 1 aromatic heterocycles. The van der Waals surface area contributed by atoms with E-state index in [1.807, 2.05) is 0 Å². The Morgan fingerprint density at radius 2 is 1.62 bits per heavy atom. The average molecular weight is 301 g/mol. The summed E-state index contributed by atoms with van der Waals surface area (Å²) in [6.07, 6.45) is 3.04. The smallest absolute Gasteiger partial charge is 0.295 e. The Labute approximate surface area is 121 Å². The highest BCUT2D eigenvalue weighted by molar-refractivity contribution is 7.86. The summed E-state index contributed by atoms with van der Waals surface area (Å²) in [7, 11) is -4.27. The van der Waals surface area contributed by atoms with Crippen molar-refractivity contribution in [3.63, 3.8) is 0 Å². The van der Waals surface area contributed by atoms with E-state index in [0.717, 1.165) is 5.56 Å². The van der Waals surface area contributed by atoms with Gasteiger partial charge in [-0.05, 0) is 23.8 Å². The molecule has 0 saturated heterocycles. The maximum absolute atomic E-state index is 11.4. The molecule has 3 aromatic rings. The zero-order valence-corrected chi connectivity index (χ0v) is 11.6. The van der Waals surface area contributed by atoms with Crippen LogP contribution < -0.4 is 0 Å². The van der Waals surface area contributed by atoms with Crippen LogP contribution in [0.1, 0.15) is 0 Å². The quantitative estimate of drug-likeness (QED) is 0.751. The van der Waals surface area contributed by atoms with Crippen LogP contribution in [0, 0.1) is 0 Å². The molecule has 106 valence electrons. The van der Waals surface area contributed by atoms with E-state index in [2.05, 4.69) is 4.98 Å². The monoisotopic (exact) mass is 301 g/mol. The van der Waals surface area contributed by atoms with Crippen LogP contribution in [-0.4, -0.2) is 18.0 Å². The molecule has 1 heterocycles. The topological polar surface area (TPSA) is 80.4 Å². The van der Waals surface area contributed by atoms with E-state index in [4.69, 9.17) is 4.42 Å². The Bertz CT molecular complexity index is 853. The van der Waals surface area contributed by atoms with Crippen LogP contribution in [0.15, 0.2) is 70.3 Å². The highest BCUT2D eigenvalue weighted by Gasteiger charge is 2.15. The number of nitrogens with zero attached hydrogens (tertiary/aromatic N) is 1. The Hall–Kier alpha value is -2.44. The zero-order valence-electron chi connectivity index (χ0n) is 10.8. The van der Waals surface area contributed by atoms with Crippen LogP contribution in [0.4, 0.5) is 0 Å². The molecule has 0 aliphatic heterocycles. The van der Waals surface area contributed by atoms with Gasteiger partial charge in [-0.3, -0.25) is 4.55 Å². The molecule has 0 aliphatic carbocycles. The number of oxazole rings is 1. The molecule has 0 spiro atoms.